The molecule has 2 unspecified atom stereocenters. The number of nitrogens with two attached hydrogens (primary N) is 1. The molecule has 0 aromatic heterocycles. The predicted molar refractivity (Wildman–Crippen MR) is 81.3 cm³/mol. The number of fused-ring (bicyclic) bond motifs is 1. The first-order chi connectivity index (χ1) is 9.14. The summed E-state index contributed by atoms with van der Waals surface area (Å²) in [4.78, 5) is 0. The van der Waals surface area contributed by atoms with Gasteiger partial charge in [-0.3, -0.25) is 0 Å². The number of halogens is 1. The van der Waals surface area contributed by atoms with E-state index in [4.69, 9.17) is 10.5 Å². The summed E-state index contributed by atoms with van der Waals surface area (Å²) in [5.41, 5.74) is 7.58. The first-order valence-electron chi connectivity index (χ1n) is 7.38. The minimum atomic E-state index is -0.00670. The van der Waals surface area contributed by atoms with Gasteiger partial charge in [0.2, 0.25) is 0 Å². The Morgan fingerprint density at radius 2 is 2.26 bits per heavy atom. The molecule has 2 aliphatic rings. The highest BCUT2D eigenvalue weighted by Gasteiger charge is 2.46. The molecule has 3 atom stereocenters. The summed E-state index contributed by atoms with van der Waals surface area (Å²) in [6.45, 7) is 2.28. The highest BCUT2D eigenvalue weighted by Crippen LogP contribution is 2.49. The van der Waals surface area contributed by atoms with Crippen LogP contribution in [-0.2, 0) is 0 Å². The van der Waals surface area contributed by atoms with Crippen molar-refractivity contribution in [2.24, 2.45) is 11.7 Å². The van der Waals surface area contributed by atoms with Crippen molar-refractivity contribution < 1.29 is 4.74 Å². The van der Waals surface area contributed by atoms with Gasteiger partial charge in [-0.05, 0) is 49.8 Å². The van der Waals surface area contributed by atoms with Crippen LogP contribution in [0.2, 0.25) is 0 Å². The molecule has 0 saturated heterocycles. The molecule has 0 radical (unpaired) electrons. The van der Waals surface area contributed by atoms with Gasteiger partial charge in [-0.25, -0.2) is 0 Å². The zero-order valence-corrected chi connectivity index (χ0v) is 13.1. The third-order valence-corrected chi connectivity index (χ3v) is 5.38. The summed E-state index contributed by atoms with van der Waals surface area (Å²) >= 11 is 3.52. The Kier molecular flexibility index (Phi) is 3.61. The van der Waals surface area contributed by atoms with Crippen LogP contribution >= 0.6 is 15.9 Å². The van der Waals surface area contributed by atoms with Gasteiger partial charge in [0.15, 0.2) is 0 Å². The molecule has 1 heterocycles. The van der Waals surface area contributed by atoms with E-state index < -0.39 is 0 Å². The number of ether oxygens (including phenoxy) is 1. The van der Waals surface area contributed by atoms with Crippen molar-refractivity contribution in [3.63, 3.8) is 0 Å². The van der Waals surface area contributed by atoms with Crippen LogP contribution in [0.3, 0.4) is 0 Å². The lowest BCUT2D eigenvalue weighted by Gasteiger charge is -2.48. The molecule has 2 N–H and O–H groups in total. The molecule has 1 saturated carbocycles. The standard InChI is InChI=1S/C16H22BrNO/c1-2-11-5-3-4-8-16(11)10-14(18)13-9-12(17)6-7-15(13)19-16/h6-7,9,11,14H,2-5,8,10,18H2,1H3/t11?,14-,16?/m1/s1. The van der Waals surface area contributed by atoms with Crippen LogP contribution in [0.5, 0.6) is 5.75 Å². The summed E-state index contributed by atoms with van der Waals surface area (Å²) in [5.74, 6) is 1.66. The molecule has 1 aromatic carbocycles. The van der Waals surface area contributed by atoms with Crippen molar-refractivity contribution in [1.29, 1.82) is 0 Å². The second-order valence-electron chi connectivity index (χ2n) is 6.01. The van der Waals surface area contributed by atoms with Gasteiger partial charge in [0.05, 0.1) is 0 Å². The Hall–Kier alpha value is -0.540. The second kappa shape index (κ2) is 5.10. The van der Waals surface area contributed by atoms with E-state index in [0.29, 0.717) is 5.92 Å². The Morgan fingerprint density at radius 1 is 1.42 bits per heavy atom. The molecule has 104 valence electrons. The number of rotatable bonds is 1. The van der Waals surface area contributed by atoms with Gasteiger partial charge < -0.3 is 10.5 Å². The van der Waals surface area contributed by atoms with Crippen molar-refractivity contribution in [3.8, 4) is 5.75 Å². The molecule has 3 heteroatoms. The van der Waals surface area contributed by atoms with Crippen LogP contribution in [0, 0.1) is 5.92 Å². The smallest absolute Gasteiger partial charge is 0.125 e. The average molecular weight is 324 g/mol. The molecule has 1 fully saturated rings. The first-order valence-corrected chi connectivity index (χ1v) is 8.18. The first kappa shape index (κ1) is 13.4. The fourth-order valence-corrected chi connectivity index (χ4v) is 4.29. The van der Waals surface area contributed by atoms with Crippen LogP contribution in [0.1, 0.15) is 57.1 Å². The van der Waals surface area contributed by atoms with Crippen molar-refractivity contribution in [2.75, 3.05) is 0 Å². The van der Waals surface area contributed by atoms with E-state index in [1.165, 1.54) is 25.7 Å². The lowest BCUT2D eigenvalue weighted by Crippen LogP contribution is -2.50. The summed E-state index contributed by atoms with van der Waals surface area (Å²) in [5, 5.41) is 0. The number of benzene rings is 1. The van der Waals surface area contributed by atoms with Gasteiger partial charge >= 0.3 is 0 Å². The molecule has 1 spiro atoms. The van der Waals surface area contributed by atoms with Gasteiger partial charge in [-0.2, -0.15) is 0 Å². The van der Waals surface area contributed by atoms with E-state index in [-0.39, 0.29) is 11.6 Å². The van der Waals surface area contributed by atoms with Gasteiger partial charge in [0.25, 0.3) is 0 Å². The Labute approximate surface area is 123 Å². The van der Waals surface area contributed by atoms with Crippen LogP contribution in [0.4, 0.5) is 0 Å². The van der Waals surface area contributed by atoms with Crippen LogP contribution < -0.4 is 10.5 Å². The molecular formula is C16H22BrNO. The zero-order valence-electron chi connectivity index (χ0n) is 11.5. The fraction of sp³-hybridized carbons (Fsp3) is 0.625. The van der Waals surface area contributed by atoms with Gasteiger partial charge in [0.1, 0.15) is 11.4 Å². The average Bonchev–Trinajstić information content (AvgIpc) is 2.40. The highest BCUT2D eigenvalue weighted by atomic mass is 79.9. The lowest BCUT2D eigenvalue weighted by molar-refractivity contribution is -0.0490. The maximum absolute atomic E-state index is 6.49. The van der Waals surface area contributed by atoms with Crippen LogP contribution in [-0.4, -0.2) is 5.60 Å². The van der Waals surface area contributed by atoms with Crippen molar-refractivity contribution in [1.82, 2.24) is 0 Å². The van der Waals surface area contributed by atoms with Crippen molar-refractivity contribution in [2.45, 2.75) is 57.1 Å². The molecule has 0 amide bonds. The topological polar surface area (TPSA) is 35.2 Å². The van der Waals surface area contributed by atoms with E-state index in [0.717, 1.165) is 28.6 Å². The Bertz CT molecular complexity index is 476. The molecule has 19 heavy (non-hydrogen) atoms. The quantitative estimate of drug-likeness (QED) is 0.821. The van der Waals surface area contributed by atoms with E-state index in [1.807, 2.05) is 6.07 Å². The SMILES string of the molecule is CCC1CCCCC12C[C@@H](N)c1cc(Br)ccc1O2. The zero-order chi connectivity index (χ0) is 13.5. The number of hydrogen-bond donors (Lipinski definition) is 1. The Balaban J connectivity index is 1.97. The third kappa shape index (κ3) is 2.31. The second-order valence-corrected chi connectivity index (χ2v) is 6.93. The van der Waals surface area contributed by atoms with Crippen LogP contribution in [0.25, 0.3) is 0 Å². The Morgan fingerprint density at radius 3 is 3.05 bits per heavy atom. The van der Waals surface area contributed by atoms with Crippen molar-refractivity contribution >= 4 is 15.9 Å². The fourth-order valence-electron chi connectivity index (χ4n) is 3.91. The highest BCUT2D eigenvalue weighted by molar-refractivity contribution is 9.10. The monoisotopic (exact) mass is 323 g/mol. The summed E-state index contributed by atoms with van der Waals surface area (Å²) in [6.07, 6.45) is 7.22. The molecular weight excluding hydrogens is 302 g/mol. The minimum absolute atomic E-state index is 0.00670. The minimum Gasteiger partial charge on any atom is -0.487 e. The summed E-state index contributed by atoms with van der Waals surface area (Å²) < 4.78 is 7.57. The normalized spacial score (nSPS) is 33.8. The van der Waals surface area contributed by atoms with E-state index >= 15 is 0 Å². The summed E-state index contributed by atoms with van der Waals surface area (Å²) in [6, 6.07) is 6.33. The largest absolute Gasteiger partial charge is 0.487 e. The lowest BCUT2D eigenvalue weighted by atomic mass is 9.69. The molecule has 2 nitrogen and oxygen atoms in total. The predicted octanol–water partition coefficient (Wildman–Crippen LogP) is 4.57. The van der Waals surface area contributed by atoms with Gasteiger partial charge in [-0.1, -0.05) is 29.3 Å². The van der Waals surface area contributed by atoms with Crippen LogP contribution in [0.15, 0.2) is 22.7 Å². The number of hydrogen-bond acceptors (Lipinski definition) is 2. The van der Waals surface area contributed by atoms with Gasteiger partial charge in [0, 0.05) is 22.5 Å². The molecule has 3 rings (SSSR count). The summed E-state index contributed by atoms with van der Waals surface area (Å²) in [7, 11) is 0. The van der Waals surface area contributed by atoms with Gasteiger partial charge in [-0.15, -0.1) is 0 Å². The molecule has 1 aliphatic heterocycles. The molecule has 0 bridgehead atoms. The molecule has 1 aromatic rings. The maximum Gasteiger partial charge on any atom is 0.125 e. The maximum atomic E-state index is 6.49. The van der Waals surface area contributed by atoms with E-state index in [2.05, 4.69) is 35.0 Å². The van der Waals surface area contributed by atoms with E-state index in [1.54, 1.807) is 0 Å². The third-order valence-electron chi connectivity index (χ3n) is 4.89. The molecule has 1 aliphatic carbocycles. The van der Waals surface area contributed by atoms with Crippen molar-refractivity contribution in [3.05, 3.63) is 28.2 Å². The van der Waals surface area contributed by atoms with E-state index in [9.17, 15) is 0 Å².